The van der Waals surface area contributed by atoms with Crippen molar-refractivity contribution in [3.8, 4) is 11.5 Å². The van der Waals surface area contributed by atoms with Gasteiger partial charge >= 0.3 is 5.97 Å². The predicted molar refractivity (Wildman–Crippen MR) is 177 cm³/mol. The van der Waals surface area contributed by atoms with Crippen LogP contribution < -0.4 is 9.47 Å². The van der Waals surface area contributed by atoms with Gasteiger partial charge in [-0.1, -0.05) is 58.4 Å². The molecule has 0 spiro atoms. The van der Waals surface area contributed by atoms with Crippen molar-refractivity contribution < 1.29 is 24.2 Å². The van der Waals surface area contributed by atoms with E-state index in [1.807, 2.05) is 79.7 Å². The first-order valence-electron chi connectivity index (χ1n) is 13.3. The van der Waals surface area contributed by atoms with E-state index in [0.717, 1.165) is 26.9 Å². The third-order valence-corrected chi connectivity index (χ3v) is 8.46. The number of aromatic carboxylic acids is 1. The number of aliphatic imine (C=N–C) groups is 1. The Bertz CT molecular complexity index is 1690. The number of thioether (sulfide) groups is 1. The number of carbonyl (C=O) groups is 2. The van der Waals surface area contributed by atoms with Gasteiger partial charge in [-0.15, -0.1) is 0 Å². The summed E-state index contributed by atoms with van der Waals surface area (Å²) in [4.78, 5) is 31.9. The number of ether oxygens (including phenoxy) is 2. The van der Waals surface area contributed by atoms with Crippen LogP contribution in [0.1, 0.15) is 34.0 Å². The van der Waals surface area contributed by atoms with Gasteiger partial charge in [0.25, 0.3) is 5.91 Å². The molecule has 0 saturated carbocycles. The second kappa shape index (κ2) is 14.1. The summed E-state index contributed by atoms with van der Waals surface area (Å²) in [6.07, 6.45) is 1.81. The fraction of sp³-hybridized carbons (Fsp3) is 0.121. The average molecular weight is 722 g/mol. The van der Waals surface area contributed by atoms with Crippen molar-refractivity contribution in [1.82, 2.24) is 4.90 Å². The maximum absolute atomic E-state index is 13.7. The number of benzene rings is 4. The molecule has 1 amide bonds. The van der Waals surface area contributed by atoms with E-state index in [2.05, 4.69) is 31.9 Å². The third-order valence-electron chi connectivity index (χ3n) is 6.34. The molecule has 7 nitrogen and oxygen atoms in total. The Morgan fingerprint density at radius 1 is 0.953 bits per heavy atom. The van der Waals surface area contributed by atoms with Crippen LogP contribution >= 0.6 is 43.6 Å². The first-order chi connectivity index (χ1) is 20.8. The molecule has 0 radical (unpaired) electrons. The number of nitrogens with zero attached hydrogens (tertiary/aromatic N) is 2. The predicted octanol–water partition coefficient (Wildman–Crippen LogP) is 8.69. The van der Waals surface area contributed by atoms with Gasteiger partial charge in [-0.3, -0.25) is 9.69 Å². The molecule has 0 bridgehead atoms. The minimum absolute atomic E-state index is 0.185. The number of amidine groups is 1. The topological polar surface area (TPSA) is 88.4 Å². The molecule has 4 aromatic carbocycles. The molecule has 1 aliphatic heterocycles. The van der Waals surface area contributed by atoms with Crippen LogP contribution in [0, 0.1) is 0 Å². The van der Waals surface area contributed by atoms with E-state index in [4.69, 9.17) is 14.5 Å². The van der Waals surface area contributed by atoms with Gasteiger partial charge in [0, 0.05) is 4.47 Å². The van der Waals surface area contributed by atoms with Crippen LogP contribution in [-0.4, -0.2) is 33.7 Å². The molecule has 1 saturated heterocycles. The lowest BCUT2D eigenvalue weighted by Crippen LogP contribution is -2.28. The molecular weight excluding hydrogens is 696 g/mol. The van der Waals surface area contributed by atoms with E-state index in [1.54, 1.807) is 17.0 Å². The van der Waals surface area contributed by atoms with Crippen molar-refractivity contribution in [3.05, 3.63) is 127 Å². The highest BCUT2D eigenvalue weighted by Crippen LogP contribution is 2.40. The van der Waals surface area contributed by atoms with Crippen molar-refractivity contribution in [2.24, 2.45) is 4.99 Å². The van der Waals surface area contributed by atoms with Crippen molar-refractivity contribution in [1.29, 1.82) is 0 Å². The van der Waals surface area contributed by atoms with Gasteiger partial charge in [0.1, 0.15) is 6.61 Å². The normalized spacial score (nSPS) is 14.9. The van der Waals surface area contributed by atoms with E-state index >= 15 is 0 Å². The highest BCUT2D eigenvalue weighted by atomic mass is 79.9. The Balaban J connectivity index is 1.44. The molecule has 0 atom stereocenters. The average Bonchev–Trinajstić information content (AvgIpc) is 3.27. The zero-order valence-corrected chi connectivity index (χ0v) is 27.0. The SMILES string of the molecule is CCOc1cc(/C=C2\SC(=Nc3ccccc3)N(Cc3ccc(C(=O)O)cc3)C2=O)cc(Br)c1OCc1ccc(Br)cc1. The van der Waals surface area contributed by atoms with Gasteiger partial charge in [-0.2, -0.15) is 0 Å². The lowest BCUT2D eigenvalue weighted by molar-refractivity contribution is -0.122. The van der Waals surface area contributed by atoms with Crippen LogP contribution in [0.4, 0.5) is 5.69 Å². The minimum atomic E-state index is -1.00. The fourth-order valence-corrected chi connectivity index (χ4v) is 6.08. The van der Waals surface area contributed by atoms with Crippen LogP contribution in [0.2, 0.25) is 0 Å². The first kappa shape index (κ1) is 30.6. The Morgan fingerprint density at radius 3 is 2.33 bits per heavy atom. The van der Waals surface area contributed by atoms with Gasteiger partial charge in [-0.05, 0) is 106 Å². The van der Waals surface area contributed by atoms with Crippen molar-refractivity contribution >= 4 is 72.4 Å². The summed E-state index contributed by atoms with van der Waals surface area (Å²) in [5.74, 6) is -0.0650. The van der Waals surface area contributed by atoms with E-state index in [-0.39, 0.29) is 18.0 Å². The first-order valence-corrected chi connectivity index (χ1v) is 15.7. The molecule has 218 valence electrons. The summed E-state index contributed by atoms with van der Waals surface area (Å²) in [6.45, 7) is 2.95. The van der Waals surface area contributed by atoms with E-state index in [0.29, 0.717) is 39.3 Å². The summed E-state index contributed by atoms with van der Waals surface area (Å²) < 4.78 is 13.8. The largest absolute Gasteiger partial charge is 0.490 e. The summed E-state index contributed by atoms with van der Waals surface area (Å²) in [6, 6.07) is 27.6. The number of rotatable bonds is 10. The van der Waals surface area contributed by atoms with Gasteiger partial charge < -0.3 is 14.6 Å². The van der Waals surface area contributed by atoms with Crippen LogP contribution in [0.25, 0.3) is 6.08 Å². The Morgan fingerprint density at radius 2 is 1.65 bits per heavy atom. The molecule has 0 unspecified atom stereocenters. The molecule has 1 aliphatic rings. The molecule has 1 N–H and O–H groups in total. The Kier molecular flexibility index (Phi) is 10.0. The third kappa shape index (κ3) is 7.76. The number of hydrogen-bond donors (Lipinski definition) is 1. The van der Waals surface area contributed by atoms with E-state index in [9.17, 15) is 14.7 Å². The summed E-state index contributed by atoms with van der Waals surface area (Å²) in [5, 5.41) is 9.78. The maximum Gasteiger partial charge on any atom is 0.335 e. The maximum atomic E-state index is 13.7. The summed E-state index contributed by atoms with van der Waals surface area (Å²) in [7, 11) is 0. The lowest BCUT2D eigenvalue weighted by Gasteiger charge is -2.16. The molecule has 43 heavy (non-hydrogen) atoms. The molecule has 0 aliphatic carbocycles. The molecule has 1 fully saturated rings. The van der Waals surface area contributed by atoms with Crippen molar-refractivity contribution in [2.45, 2.75) is 20.1 Å². The molecule has 4 aromatic rings. The van der Waals surface area contributed by atoms with Gasteiger partial charge in [0.2, 0.25) is 0 Å². The van der Waals surface area contributed by atoms with Gasteiger partial charge in [0.05, 0.1) is 33.8 Å². The highest BCUT2D eigenvalue weighted by molar-refractivity contribution is 9.10. The highest BCUT2D eigenvalue weighted by Gasteiger charge is 2.33. The molecule has 1 heterocycles. The van der Waals surface area contributed by atoms with Crippen molar-refractivity contribution in [2.75, 3.05) is 6.61 Å². The van der Waals surface area contributed by atoms with Crippen LogP contribution in [-0.2, 0) is 17.9 Å². The number of amides is 1. The number of carboxylic acid groups (broad SMARTS) is 1. The fourth-order valence-electron chi connectivity index (χ4n) is 4.24. The summed E-state index contributed by atoms with van der Waals surface area (Å²) >= 11 is 8.37. The van der Waals surface area contributed by atoms with Crippen LogP contribution in [0.5, 0.6) is 11.5 Å². The second-order valence-corrected chi connectivity index (χ2v) is 12.2. The number of carboxylic acids is 1. The molecule has 0 aromatic heterocycles. The van der Waals surface area contributed by atoms with Crippen LogP contribution in [0.3, 0.4) is 0 Å². The summed E-state index contributed by atoms with van der Waals surface area (Å²) in [5.41, 5.74) is 3.46. The van der Waals surface area contributed by atoms with Crippen LogP contribution in [0.15, 0.2) is 110 Å². The van der Waals surface area contributed by atoms with Gasteiger partial charge in [0.15, 0.2) is 16.7 Å². The van der Waals surface area contributed by atoms with E-state index in [1.165, 1.54) is 23.9 Å². The Labute approximate surface area is 270 Å². The van der Waals surface area contributed by atoms with Crippen molar-refractivity contribution in [3.63, 3.8) is 0 Å². The zero-order chi connectivity index (χ0) is 30.3. The molecular formula is C33H26Br2N2O5S. The molecule has 10 heteroatoms. The second-order valence-electron chi connectivity index (χ2n) is 9.41. The number of halogens is 2. The molecule has 5 rings (SSSR count). The smallest absolute Gasteiger partial charge is 0.335 e. The van der Waals surface area contributed by atoms with E-state index < -0.39 is 5.97 Å². The monoisotopic (exact) mass is 720 g/mol. The standard InChI is InChI=1S/C33H26Br2N2O5S/c1-2-41-28-17-23(16-27(35)30(28)42-20-22-10-14-25(34)15-11-22)18-29-31(38)37(19-21-8-12-24(13-9-21)32(39)40)33(43-29)36-26-6-4-3-5-7-26/h3-18H,2,19-20H2,1H3,(H,39,40)/b29-18-,36-33?. The zero-order valence-electron chi connectivity index (χ0n) is 23.0. The number of hydrogen-bond acceptors (Lipinski definition) is 6. The Hall–Kier alpha value is -3.86. The lowest BCUT2D eigenvalue weighted by atomic mass is 10.1. The number of para-hydroxylation sites is 1. The quantitative estimate of drug-likeness (QED) is 0.165. The number of carbonyl (C=O) groups excluding carboxylic acids is 1. The van der Waals surface area contributed by atoms with Gasteiger partial charge in [-0.25, -0.2) is 9.79 Å². The minimum Gasteiger partial charge on any atom is -0.490 e.